The first-order valence-corrected chi connectivity index (χ1v) is 12.1. The number of imidazole rings is 1. The minimum atomic E-state index is -0.247. The molecule has 0 saturated heterocycles. The molecule has 0 aliphatic carbocycles. The molecule has 0 atom stereocenters. The molecular weight excluding hydrogens is 424 g/mol. The summed E-state index contributed by atoms with van der Waals surface area (Å²) in [6.45, 7) is 9.02. The maximum atomic E-state index is 13.3. The van der Waals surface area contributed by atoms with Crippen LogP contribution in [0.5, 0.6) is 0 Å². The number of hydrogen-bond donors (Lipinski definition) is 1. The van der Waals surface area contributed by atoms with Gasteiger partial charge in [0.25, 0.3) is 0 Å². The van der Waals surface area contributed by atoms with Crippen LogP contribution in [0.3, 0.4) is 0 Å². The zero-order valence-corrected chi connectivity index (χ0v) is 20.6. The molecule has 0 amide bonds. The molecule has 0 aliphatic rings. The number of H-pyrrole nitrogens is 1. The van der Waals surface area contributed by atoms with Crippen molar-refractivity contribution in [3.05, 3.63) is 76.5 Å². The Morgan fingerprint density at radius 1 is 0.941 bits per heavy atom. The van der Waals surface area contributed by atoms with Gasteiger partial charge in [-0.3, -0.25) is 9.13 Å². The third kappa shape index (κ3) is 5.19. The molecule has 0 aliphatic heterocycles. The Morgan fingerprint density at radius 2 is 1.68 bits per heavy atom. The van der Waals surface area contributed by atoms with Crippen molar-refractivity contribution in [1.29, 1.82) is 0 Å². The molecule has 0 unspecified atom stereocenters. The van der Waals surface area contributed by atoms with Gasteiger partial charge in [0.1, 0.15) is 0 Å². The number of unbranched alkanes of at least 4 members (excludes halogenated alkanes) is 3. The van der Waals surface area contributed by atoms with E-state index in [1.54, 1.807) is 0 Å². The van der Waals surface area contributed by atoms with Crippen molar-refractivity contribution in [2.45, 2.75) is 71.9 Å². The number of tetrazole rings is 1. The predicted octanol–water partition coefficient (Wildman–Crippen LogP) is 5.42. The highest BCUT2D eigenvalue weighted by Crippen LogP contribution is 2.30. The van der Waals surface area contributed by atoms with Crippen LogP contribution in [0.4, 0.5) is 0 Å². The van der Waals surface area contributed by atoms with Crippen LogP contribution in [0.1, 0.15) is 64.6 Å². The van der Waals surface area contributed by atoms with Gasteiger partial charge in [-0.25, -0.2) is 4.79 Å². The Morgan fingerprint density at radius 3 is 2.32 bits per heavy atom. The minimum Gasteiger partial charge on any atom is -0.294 e. The average molecular weight is 459 g/mol. The van der Waals surface area contributed by atoms with E-state index in [0.29, 0.717) is 12.4 Å². The maximum Gasteiger partial charge on any atom is 0.329 e. The van der Waals surface area contributed by atoms with E-state index in [9.17, 15) is 4.79 Å². The lowest BCUT2D eigenvalue weighted by Crippen LogP contribution is -2.34. The van der Waals surface area contributed by atoms with Gasteiger partial charge in [-0.1, -0.05) is 74.7 Å². The third-order valence-electron chi connectivity index (χ3n) is 6.19. The zero-order valence-electron chi connectivity index (χ0n) is 20.6. The van der Waals surface area contributed by atoms with E-state index >= 15 is 0 Å². The average Bonchev–Trinajstić information content (AvgIpc) is 3.46. The van der Waals surface area contributed by atoms with Gasteiger partial charge in [0.05, 0.1) is 6.54 Å². The predicted molar refractivity (Wildman–Crippen MR) is 136 cm³/mol. The summed E-state index contributed by atoms with van der Waals surface area (Å²) in [6.07, 6.45) is 7.72. The molecule has 2 aromatic carbocycles. The van der Waals surface area contributed by atoms with Crippen LogP contribution in [0.15, 0.2) is 59.5 Å². The van der Waals surface area contributed by atoms with Crippen LogP contribution in [0.2, 0.25) is 0 Å². The number of aryl methyl sites for hydroxylation is 1. The van der Waals surface area contributed by atoms with E-state index in [-0.39, 0.29) is 11.2 Å². The number of rotatable bonds is 9. The van der Waals surface area contributed by atoms with E-state index in [1.165, 1.54) is 19.3 Å². The van der Waals surface area contributed by atoms with Crippen LogP contribution in [-0.4, -0.2) is 29.8 Å². The molecule has 0 fully saturated rings. The SMILES string of the molecule is CCCCCCc1cn(C(C)(C)C)c(=O)n1Cc1ccc(-c2ccccc2-c2nn[nH]n2)cc1. The van der Waals surface area contributed by atoms with Gasteiger partial charge in [-0.15, -0.1) is 10.2 Å². The Kier molecular flexibility index (Phi) is 7.10. The number of aromatic nitrogens is 6. The van der Waals surface area contributed by atoms with Crippen LogP contribution >= 0.6 is 0 Å². The second-order valence-electron chi connectivity index (χ2n) is 9.82. The summed E-state index contributed by atoms with van der Waals surface area (Å²) >= 11 is 0. The molecular formula is C27H34N6O. The number of aromatic amines is 1. The Labute approximate surface area is 200 Å². The molecule has 0 radical (unpaired) electrons. The van der Waals surface area contributed by atoms with Gasteiger partial charge in [0, 0.05) is 23.0 Å². The molecule has 7 heteroatoms. The van der Waals surface area contributed by atoms with Gasteiger partial charge in [-0.2, -0.15) is 5.21 Å². The standard InChI is InChI=1S/C27H34N6O/c1-5-6-7-8-11-22-19-33(27(2,3)4)26(34)32(22)18-20-14-16-21(17-15-20)23-12-9-10-13-24(23)25-28-30-31-29-25/h9-10,12-17,19H,5-8,11,18H2,1-4H3,(H,28,29,30,31). The first-order chi connectivity index (χ1) is 16.4. The molecule has 4 aromatic rings. The fourth-order valence-corrected chi connectivity index (χ4v) is 4.29. The van der Waals surface area contributed by atoms with E-state index < -0.39 is 0 Å². The van der Waals surface area contributed by atoms with Crippen LogP contribution < -0.4 is 5.69 Å². The van der Waals surface area contributed by atoms with E-state index in [1.807, 2.05) is 27.3 Å². The lowest BCUT2D eigenvalue weighted by Gasteiger charge is -2.19. The molecule has 34 heavy (non-hydrogen) atoms. The summed E-state index contributed by atoms with van der Waals surface area (Å²) in [5.41, 5.74) is 5.07. The molecule has 4 rings (SSSR count). The minimum absolute atomic E-state index is 0.0597. The smallest absolute Gasteiger partial charge is 0.294 e. The molecule has 178 valence electrons. The summed E-state index contributed by atoms with van der Waals surface area (Å²) in [7, 11) is 0. The summed E-state index contributed by atoms with van der Waals surface area (Å²) in [5.74, 6) is 0.572. The lowest BCUT2D eigenvalue weighted by molar-refractivity contribution is 0.380. The normalized spacial score (nSPS) is 11.8. The maximum absolute atomic E-state index is 13.3. The summed E-state index contributed by atoms with van der Waals surface area (Å²) in [6, 6.07) is 16.4. The third-order valence-corrected chi connectivity index (χ3v) is 6.19. The summed E-state index contributed by atoms with van der Waals surface area (Å²) in [4.78, 5) is 13.3. The van der Waals surface area contributed by atoms with E-state index in [2.05, 4.69) is 84.8 Å². The Bertz CT molecular complexity index is 1260. The van der Waals surface area contributed by atoms with Crippen molar-refractivity contribution in [1.82, 2.24) is 29.8 Å². The molecule has 2 heterocycles. The van der Waals surface area contributed by atoms with Gasteiger partial charge >= 0.3 is 5.69 Å². The van der Waals surface area contributed by atoms with Gasteiger partial charge in [0.15, 0.2) is 0 Å². The molecule has 0 saturated carbocycles. The van der Waals surface area contributed by atoms with Crippen molar-refractivity contribution in [2.24, 2.45) is 0 Å². The number of nitrogens with one attached hydrogen (secondary N) is 1. The fraction of sp³-hybridized carbons (Fsp3) is 0.407. The summed E-state index contributed by atoms with van der Waals surface area (Å²) < 4.78 is 3.82. The Hall–Kier alpha value is -3.48. The van der Waals surface area contributed by atoms with Crippen LogP contribution in [0, 0.1) is 0 Å². The number of hydrogen-bond acceptors (Lipinski definition) is 4. The van der Waals surface area contributed by atoms with E-state index in [0.717, 1.165) is 40.8 Å². The van der Waals surface area contributed by atoms with E-state index in [4.69, 9.17) is 0 Å². The van der Waals surface area contributed by atoms with Crippen molar-refractivity contribution in [3.8, 4) is 22.5 Å². The van der Waals surface area contributed by atoms with Crippen LogP contribution in [0.25, 0.3) is 22.5 Å². The van der Waals surface area contributed by atoms with Gasteiger partial charge in [-0.05, 0) is 55.5 Å². The number of nitrogens with zero attached hydrogens (tertiary/aromatic N) is 5. The quantitative estimate of drug-likeness (QED) is 0.339. The fourth-order valence-electron chi connectivity index (χ4n) is 4.29. The first-order valence-electron chi connectivity index (χ1n) is 12.1. The highest BCUT2D eigenvalue weighted by molar-refractivity contribution is 5.80. The molecule has 0 spiro atoms. The number of benzene rings is 2. The molecule has 2 aromatic heterocycles. The van der Waals surface area contributed by atoms with Crippen molar-refractivity contribution >= 4 is 0 Å². The largest absolute Gasteiger partial charge is 0.329 e. The molecule has 0 bridgehead atoms. The lowest BCUT2D eigenvalue weighted by atomic mass is 9.98. The first kappa shape index (κ1) is 23.7. The van der Waals surface area contributed by atoms with Crippen molar-refractivity contribution in [2.75, 3.05) is 0 Å². The highest BCUT2D eigenvalue weighted by Gasteiger charge is 2.20. The Balaban J connectivity index is 1.61. The van der Waals surface area contributed by atoms with Crippen LogP contribution in [-0.2, 0) is 18.5 Å². The second kappa shape index (κ2) is 10.2. The zero-order chi connectivity index (χ0) is 24.1. The topological polar surface area (TPSA) is 81.4 Å². The second-order valence-corrected chi connectivity index (χ2v) is 9.82. The van der Waals surface area contributed by atoms with Gasteiger partial charge < -0.3 is 0 Å². The molecule has 7 nitrogen and oxygen atoms in total. The van der Waals surface area contributed by atoms with Crippen molar-refractivity contribution < 1.29 is 0 Å². The molecule has 1 N–H and O–H groups in total. The summed E-state index contributed by atoms with van der Waals surface area (Å²) in [5, 5.41) is 14.5. The van der Waals surface area contributed by atoms with Gasteiger partial charge in [0.2, 0.25) is 5.82 Å². The van der Waals surface area contributed by atoms with Crippen molar-refractivity contribution in [3.63, 3.8) is 0 Å². The monoisotopic (exact) mass is 458 g/mol. The highest BCUT2D eigenvalue weighted by atomic mass is 16.1.